The summed E-state index contributed by atoms with van der Waals surface area (Å²) >= 11 is 2.40. The van der Waals surface area contributed by atoms with E-state index in [1.807, 2.05) is 11.4 Å². The van der Waals surface area contributed by atoms with E-state index in [1.165, 1.54) is 18.4 Å². The van der Waals surface area contributed by atoms with E-state index >= 15 is 0 Å². The Morgan fingerprint density at radius 2 is 1.80 bits per heavy atom. The molecule has 0 spiro atoms. The lowest BCUT2D eigenvalue weighted by Crippen LogP contribution is -2.48. The van der Waals surface area contributed by atoms with Gasteiger partial charge in [0.25, 0.3) is 5.91 Å². The van der Waals surface area contributed by atoms with E-state index < -0.39 is 30.3 Å². The number of ether oxygens (including phenoxy) is 1. The van der Waals surface area contributed by atoms with Gasteiger partial charge in [-0.2, -0.15) is 0 Å². The van der Waals surface area contributed by atoms with Gasteiger partial charge in [0.05, 0.1) is 19.2 Å². The summed E-state index contributed by atoms with van der Waals surface area (Å²) in [7, 11) is 1.53. The van der Waals surface area contributed by atoms with Crippen molar-refractivity contribution in [1.29, 1.82) is 0 Å². The van der Waals surface area contributed by atoms with Gasteiger partial charge in [-0.05, 0) is 30.3 Å². The number of hydrogen-bond acceptors (Lipinski definition) is 10. The molecule has 1 atom stereocenters. The molecule has 9 N–H and O–H groups in total. The minimum atomic E-state index is -1.27. The third-order valence-corrected chi connectivity index (χ3v) is 7.36. The molecule has 0 fully saturated rings. The molecule has 0 unspecified atom stereocenters. The number of thiazole rings is 2. The number of aromatic nitrogens is 2. The van der Waals surface area contributed by atoms with E-state index in [0.717, 1.165) is 16.9 Å². The monoisotopic (exact) mass is 580 g/mol. The molecule has 15 heteroatoms. The predicted octanol–water partition coefficient (Wildman–Crippen LogP) is 2.63. The van der Waals surface area contributed by atoms with Gasteiger partial charge in [-0.25, -0.2) is 14.8 Å². The van der Waals surface area contributed by atoms with Crippen LogP contribution in [-0.4, -0.2) is 46.9 Å². The standard InChI is InChI=1S/C25H24N8O5S2/c1-38-15-7-3-5-13(9-15)22(36)29-14-6-2-4-12(8-14)17-11-39-23(30-17)19-20(27)32-25(40-19)33-24(37)31-16(21(28)35)10-18(26)34/h2-9,11,16H,10,27H2,1H3,(H2,26,34)(H2,28,35)(H,29,36)(H2,31,32,33,37)/t16-/m0/s1. The van der Waals surface area contributed by atoms with E-state index in [2.05, 4.69) is 25.9 Å². The molecule has 40 heavy (non-hydrogen) atoms. The van der Waals surface area contributed by atoms with Crippen molar-refractivity contribution in [3.05, 3.63) is 59.5 Å². The Morgan fingerprint density at radius 1 is 1.02 bits per heavy atom. The molecule has 2 heterocycles. The average Bonchev–Trinajstić information content (AvgIpc) is 3.54. The number of nitrogens with one attached hydrogen (secondary N) is 3. The van der Waals surface area contributed by atoms with Gasteiger partial charge in [0.15, 0.2) is 5.13 Å². The first-order valence-corrected chi connectivity index (χ1v) is 13.3. The first kappa shape index (κ1) is 28.0. The number of anilines is 3. The van der Waals surface area contributed by atoms with E-state index in [4.69, 9.17) is 21.9 Å². The number of benzene rings is 2. The highest BCUT2D eigenvalue weighted by Gasteiger charge is 2.22. The Labute approximate surface area is 235 Å². The lowest BCUT2D eigenvalue weighted by Gasteiger charge is -2.13. The van der Waals surface area contributed by atoms with Gasteiger partial charge in [0.1, 0.15) is 27.5 Å². The molecule has 5 amide bonds. The Balaban J connectivity index is 1.46. The Hall–Kier alpha value is -5.02. The van der Waals surface area contributed by atoms with E-state index in [1.54, 1.807) is 42.5 Å². The number of carbonyl (C=O) groups is 4. The number of nitrogens with two attached hydrogens (primary N) is 3. The fourth-order valence-electron chi connectivity index (χ4n) is 3.49. The summed E-state index contributed by atoms with van der Waals surface area (Å²) in [6.45, 7) is 0. The largest absolute Gasteiger partial charge is 0.497 e. The van der Waals surface area contributed by atoms with Crippen LogP contribution in [0.5, 0.6) is 5.75 Å². The van der Waals surface area contributed by atoms with Gasteiger partial charge in [0, 0.05) is 22.2 Å². The summed E-state index contributed by atoms with van der Waals surface area (Å²) in [5, 5.41) is 10.2. The third kappa shape index (κ3) is 6.89. The van der Waals surface area contributed by atoms with E-state index in [-0.39, 0.29) is 16.9 Å². The lowest BCUT2D eigenvalue weighted by molar-refractivity contribution is -0.124. The second kappa shape index (κ2) is 12.2. The van der Waals surface area contributed by atoms with Gasteiger partial charge < -0.3 is 32.6 Å². The fraction of sp³-hybridized carbons (Fsp3) is 0.120. The second-order valence-corrected chi connectivity index (χ2v) is 10.1. The quantitative estimate of drug-likeness (QED) is 0.163. The average molecular weight is 581 g/mol. The number of amides is 5. The molecule has 4 aromatic rings. The van der Waals surface area contributed by atoms with Gasteiger partial charge >= 0.3 is 6.03 Å². The van der Waals surface area contributed by atoms with Crippen LogP contribution in [0.15, 0.2) is 53.9 Å². The van der Waals surface area contributed by atoms with Gasteiger partial charge in [-0.3, -0.25) is 19.7 Å². The topological polar surface area (TPSA) is 217 Å². The Bertz CT molecular complexity index is 1580. The van der Waals surface area contributed by atoms with Crippen molar-refractivity contribution in [2.75, 3.05) is 23.5 Å². The highest BCUT2D eigenvalue weighted by Crippen LogP contribution is 2.38. The van der Waals surface area contributed by atoms with Gasteiger partial charge in [0.2, 0.25) is 11.8 Å². The van der Waals surface area contributed by atoms with Crippen molar-refractivity contribution in [1.82, 2.24) is 15.3 Å². The first-order valence-electron chi connectivity index (χ1n) is 11.6. The molecule has 0 aliphatic rings. The Morgan fingerprint density at radius 3 is 2.52 bits per heavy atom. The zero-order valence-corrected chi connectivity index (χ0v) is 22.6. The number of nitrogen functional groups attached to an aromatic ring is 1. The molecule has 13 nitrogen and oxygen atoms in total. The first-order chi connectivity index (χ1) is 19.1. The highest BCUT2D eigenvalue weighted by atomic mass is 32.1. The molecule has 4 rings (SSSR count). The van der Waals surface area contributed by atoms with Crippen LogP contribution in [0.3, 0.4) is 0 Å². The molecule has 0 aliphatic heterocycles. The van der Waals surface area contributed by atoms with Crippen LogP contribution in [0.1, 0.15) is 16.8 Å². The van der Waals surface area contributed by atoms with Crippen LogP contribution in [0.25, 0.3) is 21.1 Å². The molecule has 0 radical (unpaired) electrons. The summed E-state index contributed by atoms with van der Waals surface area (Å²) in [5.74, 6) is -1.27. The molecule has 206 valence electrons. The number of rotatable bonds is 10. The van der Waals surface area contributed by atoms with Crippen LogP contribution in [0, 0.1) is 0 Å². The third-order valence-electron chi connectivity index (χ3n) is 5.37. The molecule has 0 saturated carbocycles. The summed E-state index contributed by atoms with van der Waals surface area (Å²) in [5.41, 5.74) is 18.8. The number of primary amides is 2. The van der Waals surface area contributed by atoms with Crippen LogP contribution in [0.2, 0.25) is 0 Å². The Kier molecular flexibility index (Phi) is 8.56. The van der Waals surface area contributed by atoms with Crippen LogP contribution >= 0.6 is 22.7 Å². The fourth-order valence-corrected chi connectivity index (χ4v) is 5.30. The number of carbonyl (C=O) groups excluding carboxylic acids is 4. The summed E-state index contributed by atoms with van der Waals surface area (Å²) in [6, 6.07) is 12.0. The molecule has 2 aromatic carbocycles. The SMILES string of the molecule is COc1cccc(C(=O)Nc2cccc(-c3csc(-c4sc(NC(=O)N[C@@H](CC(N)=O)C(N)=O)nc4N)n3)c2)c1. The summed E-state index contributed by atoms with van der Waals surface area (Å²) in [6.07, 6.45) is -0.443. The normalized spacial score (nSPS) is 11.3. The molecular weight excluding hydrogens is 556 g/mol. The van der Waals surface area contributed by atoms with Crippen molar-refractivity contribution in [3.63, 3.8) is 0 Å². The van der Waals surface area contributed by atoms with Crippen molar-refractivity contribution in [3.8, 4) is 26.9 Å². The van der Waals surface area contributed by atoms with Crippen LogP contribution in [-0.2, 0) is 9.59 Å². The minimum Gasteiger partial charge on any atom is -0.497 e. The molecular formula is C25H24N8O5S2. The molecule has 2 aromatic heterocycles. The van der Waals surface area contributed by atoms with Crippen LogP contribution in [0.4, 0.5) is 21.4 Å². The number of hydrogen-bond donors (Lipinski definition) is 6. The van der Waals surface area contributed by atoms with Crippen molar-refractivity contribution in [2.24, 2.45) is 11.5 Å². The number of urea groups is 1. The van der Waals surface area contributed by atoms with Gasteiger partial charge in [-0.15, -0.1) is 11.3 Å². The predicted molar refractivity (Wildman–Crippen MR) is 153 cm³/mol. The molecule has 0 saturated heterocycles. The zero-order chi connectivity index (χ0) is 28.8. The van der Waals surface area contributed by atoms with E-state index in [0.29, 0.717) is 32.6 Å². The maximum atomic E-state index is 12.7. The van der Waals surface area contributed by atoms with Gasteiger partial charge in [-0.1, -0.05) is 29.5 Å². The van der Waals surface area contributed by atoms with Crippen LogP contribution < -0.4 is 37.9 Å². The maximum absolute atomic E-state index is 12.7. The summed E-state index contributed by atoms with van der Waals surface area (Å²) < 4.78 is 5.18. The van der Waals surface area contributed by atoms with Crippen molar-refractivity contribution >= 4 is 63.1 Å². The lowest BCUT2D eigenvalue weighted by atomic mass is 10.1. The number of nitrogens with zero attached hydrogens (tertiary/aromatic N) is 2. The van der Waals surface area contributed by atoms with E-state index in [9.17, 15) is 19.2 Å². The zero-order valence-electron chi connectivity index (χ0n) is 21.0. The smallest absolute Gasteiger partial charge is 0.321 e. The minimum absolute atomic E-state index is 0.143. The number of methoxy groups -OCH3 is 1. The summed E-state index contributed by atoms with van der Waals surface area (Å²) in [4.78, 5) is 56.8. The molecule has 0 bridgehead atoms. The van der Waals surface area contributed by atoms with Crippen molar-refractivity contribution in [2.45, 2.75) is 12.5 Å². The van der Waals surface area contributed by atoms with Crippen molar-refractivity contribution < 1.29 is 23.9 Å². The highest BCUT2D eigenvalue weighted by molar-refractivity contribution is 7.23. The second-order valence-electron chi connectivity index (χ2n) is 8.26. The molecule has 0 aliphatic carbocycles. The maximum Gasteiger partial charge on any atom is 0.321 e.